The number of ether oxygens (including phenoxy) is 1. The summed E-state index contributed by atoms with van der Waals surface area (Å²) in [5.74, 6) is -5.52. The first-order valence-corrected chi connectivity index (χ1v) is 12.7. The van der Waals surface area contributed by atoms with Gasteiger partial charge in [-0.2, -0.15) is 4.39 Å². The molecule has 1 fully saturated rings. The van der Waals surface area contributed by atoms with E-state index in [4.69, 9.17) is 10.5 Å². The zero-order valence-corrected chi connectivity index (χ0v) is 22.3. The Balaban J connectivity index is 1.65. The number of nitrogen functional groups attached to an aromatic ring is 1. The molecule has 2 aromatic carbocycles. The van der Waals surface area contributed by atoms with Crippen LogP contribution in [0.4, 0.5) is 23.4 Å². The minimum atomic E-state index is -1.42. The van der Waals surface area contributed by atoms with Gasteiger partial charge in [-0.25, -0.2) is 23.1 Å². The van der Waals surface area contributed by atoms with Gasteiger partial charge in [-0.3, -0.25) is 9.79 Å². The fourth-order valence-electron chi connectivity index (χ4n) is 5.11. The van der Waals surface area contributed by atoms with Crippen LogP contribution in [-0.2, 0) is 4.79 Å². The highest BCUT2D eigenvalue weighted by molar-refractivity contribution is 6.16. The number of nitrogens with one attached hydrogen (secondary N) is 1. The molecule has 1 heterocycles. The first-order valence-electron chi connectivity index (χ1n) is 12.7. The second kappa shape index (κ2) is 11.8. The van der Waals surface area contributed by atoms with E-state index < -0.39 is 29.0 Å². The fraction of sp³-hybridized carbons (Fsp3) is 0.310. The van der Waals surface area contributed by atoms with Crippen LogP contribution in [0.25, 0.3) is 0 Å². The van der Waals surface area contributed by atoms with Crippen molar-refractivity contribution < 1.29 is 27.1 Å². The highest BCUT2D eigenvalue weighted by atomic mass is 19.2. The maximum Gasteiger partial charge on any atom is 0.243 e. The zero-order valence-electron chi connectivity index (χ0n) is 22.3. The maximum absolute atomic E-state index is 15.5. The highest BCUT2D eigenvalue weighted by Crippen LogP contribution is 2.39. The van der Waals surface area contributed by atoms with Crippen molar-refractivity contribution in [3.63, 3.8) is 0 Å². The van der Waals surface area contributed by atoms with Gasteiger partial charge in [0.05, 0.1) is 17.0 Å². The quantitative estimate of drug-likeness (QED) is 0.159. The summed E-state index contributed by atoms with van der Waals surface area (Å²) in [5, 5.41) is 2.93. The summed E-state index contributed by atoms with van der Waals surface area (Å²) in [7, 11) is 1.48. The Bertz CT molecular complexity index is 1470. The SMILES string of the molecule is C=CC(=O)NC1CCC(C(C)c2ncnc(N)c2/C(=N\C)c2ccc(Oc3c(C)c(F)cc(F)c3F)cc2F)C1. The van der Waals surface area contributed by atoms with Crippen LogP contribution in [0.2, 0.25) is 0 Å². The number of carbonyl (C=O) groups is 1. The van der Waals surface area contributed by atoms with Crippen molar-refractivity contribution >= 4 is 17.4 Å². The highest BCUT2D eigenvalue weighted by Gasteiger charge is 2.33. The molecule has 210 valence electrons. The van der Waals surface area contributed by atoms with E-state index in [1.165, 1.54) is 38.5 Å². The van der Waals surface area contributed by atoms with E-state index in [0.717, 1.165) is 25.3 Å². The van der Waals surface area contributed by atoms with Gasteiger partial charge in [-0.1, -0.05) is 13.5 Å². The van der Waals surface area contributed by atoms with Crippen LogP contribution in [0.15, 0.2) is 48.2 Å². The molecule has 0 aliphatic heterocycles. The van der Waals surface area contributed by atoms with Crippen LogP contribution < -0.4 is 15.8 Å². The number of hydrogen-bond acceptors (Lipinski definition) is 6. The molecular formula is C29H29F4N5O2. The third-order valence-electron chi connectivity index (χ3n) is 7.29. The van der Waals surface area contributed by atoms with Gasteiger partial charge in [-0.05, 0) is 50.3 Å². The third kappa shape index (κ3) is 5.68. The van der Waals surface area contributed by atoms with Gasteiger partial charge in [0.25, 0.3) is 0 Å². The van der Waals surface area contributed by atoms with Crippen LogP contribution in [0.3, 0.4) is 0 Å². The van der Waals surface area contributed by atoms with Gasteiger partial charge in [-0.15, -0.1) is 0 Å². The molecule has 1 saturated carbocycles. The summed E-state index contributed by atoms with van der Waals surface area (Å²) < 4.78 is 62.7. The lowest BCUT2D eigenvalue weighted by molar-refractivity contribution is -0.117. The van der Waals surface area contributed by atoms with Crippen LogP contribution in [0.5, 0.6) is 11.5 Å². The van der Waals surface area contributed by atoms with Crippen molar-refractivity contribution in [3.05, 3.63) is 88.9 Å². The second-order valence-electron chi connectivity index (χ2n) is 9.71. The van der Waals surface area contributed by atoms with Gasteiger partial charge in [0.2, 0.25) is 11.7 Å². The first kappa shape index (κ1) is 28.7. The smallest absolute Gasteiger partial charge is 0.243 e. The predicted octanol–water partition coefficient (Wildman–Crippen LogP) is 5.76. The molecule has 0 radical (unpaired) electrons. The molecule has 0 saturated heterocycles. The summed E-state index contributed by atoms with van der Waals surface area (Å²) >= 11 is 0. The predicted molar refractivity (Wildman–Crippen MR) is 143 cm³/mol. The number of rotatable bonds is 8. The van der Waals surface area contributed by atoms with E-state index in [0.29, 0.717) is 17.3 Å². The second-order valence-corrected chi connectivity index (χ2v) is 9.71. The summed E-state index contributed by atoms with van der Waals surface area (Å²) in [6.07, 6.45) is 4.93. The molecule has 3 aromatic rings. The Kier molecular flexibility index (Phi) is 8.51. The number of halogens is 4. The van der Waals surface area contributed by atoms with Gasteiger partial charge in [0.15, 0.2) is 11.6 Å². The number of nitrogens with two attached hydrogens (primary N) is 1. The molecule has 4 rings (SSSR count). The van der Waals surface area contributed by atoms with Crippen LogP contribution in [0, 0.1) is 36.1 Å². The standard InChI is InChI=1S/C29H29F4N5O2/c1-5-23(39)38-17-7-6-16(10-17)14(2)26-24(29(34)37-13-36-26)27(35-4)19-9-8-18(11-21(19)31)40-28-15(3)20(30)12-22(32)25(28)33/h5,8-9,11-14,16-17H,1,6-7,10H2,2-4H3,(H,38,39)(H2,34,36,37)/b35-27-. The van der Waals surface area contributed by atoms with Crippen molar-refractivity contribution in [3.8, 4) is 11.5 Å². The number of amides is 1. The van der Waals surface area contributed by atoms with Crippen molar-refractivity contribution in [2.45, 2.75) is 45.1 Å². The Morgan fingerprint density at radius 3 is 2.60 bits per heavy atom. The van der Waals surface area contributed by atoms with Crippen LogP contribution in [0.1, 0.15) is 54.5 Å². The average molecular weight is 556 g/mol. The van der Waals surface area contributed by atoms with Crippen molar-refractivity contribution in [1.29, 1.82) is 0 Å². The van der Waals surface area contributed by atoms with E-state index in [9.17, 15) is 18.0 Å². The minimum Gasteiger partial charge on any atom is -0.454 e. The Morgan fingerprint density at radius 1 is 1.18 bits per heavy atom. The number of carbonyl (C=O) groups excluding carboxylic acids is 1. The average Bonchev–Trinajstić information content (AvgIpc) is 3.40. The summed E-state index contributed by atoms with van der Waals surface area (Å²) in [6.45, 7) is 6.70. The van der Waals surface area contributed by atoms with E-state index in [-0.39, 0.29) is 52.2 Å². The molecule has 1 amide bonds. The van der Waals surface area contributed by atoms with Crippen molar-refractivity contribution in [1.82, 2.24) is 15.3 Å². The number of aliphatic imine (C=N–C) groups is 1. The normalized spacial score (nSPS) is 17.9. The molecule has 1 aliphatic rings. The third-order valence-corrected chi connectivity index (χ3v) is 7.29. The summed E-state index contributed by atoms with van der Waals surface area (Å²) in [5.41, 5.74) is 7.21. The largest absolute Gasteiger partial charge is 0.454 e. The molecule has 40 heavy (non-hydrogen) atoms. The van der Waals surface area contributed by atoms with Gasteiger partial charge < -0.3 is 15.8 Å². The van der Waals surface area contributed by atoms with E-state index in [1.807, 2.05) is 6.92 Å². The maximum atomic E-state index is 15.5. The number of nitrogens with zero attached hydrogens (tertiary/aromatic N) is 3. The molecule has 11 heteroatoms. The van der Waals surface area contributed by atoms with Crippen molar-refractivity contribution in [2.75, 3.05) is 12.8 Å². The summed E-state index contributed by atoms with van der Waals surface area (Å²) in [6, 6.07) is 4.07. The fourth-order valence-corrected chi connectivity index (χ4v) is 5.11. The molecule has 1 aromatic heterocycles. The Hall–Kier alpha value is -4.28. The number of hydrogen-bond donors (Lipinski definition) is 2. The number of benzene rings is 2. The number of aromatic nitrogens is 2. The minimum absolute atomic E-state index is 0.00456. The monoisotopic (exact) mass is 555 g/mol. The number of anilines is 1. The van der Waals surface area contributed by atoms with Crippen LogP contribution in [-0.4, -0.2) is 34.7 Å². The Labute approximate surface area is 229 Å². The van der Waals surface area contributed by atoms with E-state index in [1.54, 1.807) is 0 Å². The van der Waals surface area contributed by atoms with Gasteiger partial charge in [0, 0.05) is 42.3 Å². The molecule has 3 unspecified atom stereocenters. The molecule has 3 atom stereocenters. The summed E-state index contributed by atoms with van der Waals surface area (Å²) in [4.78, 5) is 24.6. The lowest BCUT2D eigenvalue weighted by atomic mass is 9.85. The molecule has 0 bridgehead atoms. The molecule has 3 N–H and O–H groups in total. The lowest BCUT2D eigenvalue weighted by Crippen LogP contribution is -2.31. The lowest BCUT2D eigenvalue weighted by Gasteiger charge is -2.23. The Morgan fingerprint density at radius 2 is 1.93 bits per heavy atom. The molecule has 7 nitrogen and oxygen atoms in total. The first-order chi connectivity index (χ1) is 19.0. The van der Waals surface area contributed by atoms with Gasteiger partial charge in [0.1, 0.15) is 29.5 Å². The van der Waals surface area contributed by atoms with Gasteiger partial charge >= 0.3 is 0 Å². The van der Waals surface area contributed by atoms with E-state index >= 15 is 4.39 Å². The van der Waals surface area contributed by atoms with E-state index in [2.05, 4.69) is 26.9 Å². The topological polar surface area (TPSA) is 102 Å². The molecule has 1 aliphatic carbocycles. The van der Waals surface area contributed by atoms with Crippen molar-refractivity contribution in [2.24, 2.45) is 10.9 Å². The molecular weight excluding hydrogens is 526 g/mol. The van der Waals surface area contributed by atoms with Crippen LogP contribution >= 0.6 is 0 Å². The zero-order chi connectivity index (χ0) is 29.1. The molecule has 0 spiro atoms.